The molecule has 5 heteroatoms. The molecule has 2 N–H and O–H groups in total. The molecule has 0 atom stereocenters. The molecule has 0 aromatic heterocycles. The zero-order valence-electron chi connectivity index (χ0n) is 11.4. The van der Waals surface area contributed by atoms with E-state index in [-0.39, 0.29) is 6.04 Å². The van der Waals surface area contributed by atoms with Gasteiger partial charge in [-0.25, -0.2) is 5.43 Å². The third-order valence-corrected chi connectivity index (χ3v) is 3.31. The zero-order chi connectivity index (χ0) is 14.7. The van der Waals surface area contributed by atoms with Gasteiger partial charge in [0.05, 0.1) is 6.21 Å². The second-order valence-electron chi connectivity index (χ2n) is 5.02. The van der Waals surface area contributed by atoms with E-state index in [1.54, 1.807) is 6.21 Å². The Hall–Kier alpha value is -2.69. The second-order valence-corrected chi connectivity index (χ2v) is 5.02. The van der Waals surface area contributed by atoms with Gasteiger partial charge in [-0.3, -0.25) is 9.59 Å². The summed E-state index contributed by atoms with van der Waals surface area (Å²) in [5, 5.41) is 8.60. The zero-order valence-corrected chi connectivity index (χ0v) is 11.4. The molecule has 3 rings (SSSR count). The van der Waals surface area contributed by atoms with Gasteiger partial charge in [0.15, 0.2) is 0 Å². The summed E-state index contributed by atoms with van der Waals surface area (Å²) in [6.45, 7) is 0. The number of benzene rings is 2. The van der Waals surface area contributed by atoms with Gasteiger partial charge in [-0.2, -0.15) is 5.10 Å². The number of nitrogens with zero attached hydrogens (tertiary/aromatic N) is 1. The maximum absolute atomic E-state index is 11.5. The normalized spacial score (nSPS) is 14.3. The Morgan fingerprint density at radius 3 is 2.62 bits per heavy atom. The summed E-state index contributed by atoms with van der Waals surface area (Å²) >= 11 is 0. The molecule has 0 heterocycles. The molecule has 0 aliphatic heterocycles. The lowest BCUT2D eigenvalue weighted by atomic mass is 10.1. The number of rotatable bonds is 3. The minimum absolute atomic E-state index is 0.158. The van der Waals surface area contributed by atoms with E-state index >= 15 is 0 Å². The Morgan fingerprint density at radius 2 is 1.81 bits per heavy atom. The first-order chi connectivity index (χ1) is 10.2. The molecule has 5 nitrogen and oxygen atoms in total. The minimum Gasteiger partial charge on any atom is -0.345 e. The van der Waals surface area contributed by atoms with Crippen LogP contribution in [-0.2, 0) is 9.59 Å². The van der Waals surface area contributed by atoms with Gasteiger partial charge in [-0.15, -0.1) is 0 Å². The molecule has 1 fully saturated rings. The topological polar surface area (TPSA) is 70.6 Å². The first-order valence-electron chi connectivity index (χ1n) is 6.86. The summed E-state index contributed by atoms with van der Waals surface area (Å²) in [5.74, 6) is -1.37. The molecule has 0 bridgehead atoms. The van der Waals surface area contributed by atoms with Crippen LogP contribution < -0.4 is 10.7 Å². The van der Waals surface area contributed by atoms with Crippen LogP contribution in [0.25, 0.3) is 10.8 Å². The molecular formula is C16H15N3O2. The monoisotopic (exact) mass is 281 g/mol. The van der Waals surface area contributed by atoms with Gasteiger partial charge in [0.2, 0.25) is 0 Å². The molecule has 2 aromatic rings. The molecule has 1 aliphatic carbocycles. The summed E-state index contributed by atoms with van der Waals surface area (Å²) in [6.07, 6.45) is 3.43. The molecule has 0 unspecified atom stereocenters. The fraction of sp³-hybridized carbons (Fsp3) is 0.188. The van der Waals surface area contributed by atoms with E-state index in [4.69, 9.17) is 0 Å². The summed E-state index contributed by atoms with van der Waals surface area (Å²) < 4.78 is 0. The van der Waals surface area contributed by atoms with E-state index in [2.05, 4.69) is 15.8 Å². The number of amides is 2. The van der Waals surface area contributed by atoms with E-state index in [1.807, 2.05) is 42.5 Å². The van der Waals surface area contributed by atoms with E-state index in [0.29, 0.717) is 0 Å². The molecule has 1 aliphatic rings. The van der Waals surface area contributed by atoms with Crippen LogP contribution >= 0.6 is 0 Å². The highest BCUT2D eigenvalue weighted by atomic mass is 16.2. The van der Waals surface area contributed by atoms with Crippen molar-refractivity contribution < 1.29 is 9.59 Å². The predicted octanol–water partition coefficient (Wildman–Crippen LogP) is 1.57. The number of hydrazone groups is 1. The van der Waals surface area contributed by atoms with Crippen LogP contribution in [0.1, 0.15) is 18.4 Å². The highest BCUT2D eigenvalue weighted by Crippen LogP contribution is 2.18. The van der Waals surface area contributed by atoms with Gasteiger partial charge in [0.25, 0.3) is 0 Å². The van der Waals surface area contributed by atoms with Gasteiger partial charge in [0.1, 0.15) is 0 Å². The van der Waals surface area contributed by atoms with Crippen molar-refractivity contribution in [3.63, 3.8) is 0 Å². The summed E-state index contributed by atoms with van der Waals surface area (Å²) in [4.78, 5) is 23.0. The first-order valence-corrected chi connectivity index (χ1v) is 6.86. The molecule has 1 saturated carbocycles. The summed E-state index contributed by atoms with van der Waals surface area (Å²) in [7, 11) is 0. The second kappa shape index (κ2) is 5.75. The summed E-state index contributed by atoms with van der Waals surface area (Å²) in [6, 6.07) is 13.9. The van der Waals surface area contributed by atoms with E-state index in [1.165, 1.54) is 0 Å². The maximum atomic E-state index is 11.5. The number of nitrogens with one attached hydrogen (secondary N) is 2. The largest absolute Gasteiger partial charge is 0.345 e. The predicted molar refractivity (Wildman–Crippen MR) is 80.8 cm³/mol. The number of carbonyl (C=O) groups excluding carboxylic acids is 2. The quantitative estimate of drug-likeness (QED) is 0.509. The number of hydrogen-bond donors (Lipinski definition) is 2. The lowest BCUT2D eigenvalue weighted by Gasteiger charge is -2.02. The van der Waals surface area contributed by atoms with Crippen molar-refractivity contribution in [2.45, 2.75) is 18.9 Å². The smallest absolute Gasteiger partial charge is 0.329 e. The standard InChI is InChI=1S/C16H15N3O2/c20-15(18-13-8-9-13)16(21)19-17-10-12-6-3-5-11-4-1-2-7-14(11)12/h1-7,10,13H,8-9H2,(H,18,20)(H,19,21)/b17-10-. The molecule has 2 amide bonds. The molecule has 0 radical (unpaired) electrons. The number of carbonyl (C=O) groups is 2. The Bertz CT molecular complexity index is 715. The van der Waals surface area contributed by atoms with Crippen LogP contribution in [0, 0.1) is 0 Å². The SMILES string of the molecule is O=C(N/N=C\c1cccc2ccccc12)C(=O)NC1CC1. The fourth-order valence-corrected chi connectivity index (χ4v) is 2.05. The van der Waals surface area contributed by atoms with Gasteiger partial charge < -0.3 is 5.32 Å². The molecular weight excluding hydrogens is 266 g/mol. The van der Waals surface area contributed by atoms with Gasteiger partial charge in [-0.1, -0.05) is 42.5 Å². The van der Waals surface area contributed by atoms with Crippen LogP contribution in [0.15, 0.2) is 47.6 Å². The first kappa shape index (κ1) is 13.3. The third kappa shape index (κ3) is 3.25. The highest BCUT2D eigenvalue weighted by Gasteiger charge is 2.26. The Morgan fingerprint density at radius 1 is 1.05 bits per heavy atom. The van der Waals surface area contributed by atoms with Crippen LogP contribution in [-0.4, -0.2) is 24.1 Å². The van der Waals surface area contributed by atoms with Gasteiger partial charge in [-0.05, 0) is 23.6 Å². The Labute approximate surface area is 122 Å². The lowest BCUT2D eigenvalue weighted by molar-refractivity contribution is -0.139. The van der Waals surface area contributed by atoms with E-state index in [9.17, 15) is 9.59 Å². The van der Waals surface area contributed by atoms with Crippen LogP contribution in [0.5, 0.6) is 0 Å². The Kier molecular flexibility index (Phi) is 3.64. The van der Waals surface area contributed by atoms with Crippen LogP contribution in [0.3, 0.4) is 0 Å². The van der Waals surface area contributed by atoms with Crippen molar-refractivity contribution >= 4 is 28.8 Å². The van der Waals surface area contributed by atoms with Crippen molar-refractivity contribution in [2.75, 3.05) is 0 Å². The van der Waals surface area contributed by atoms with E-state index < -0.39 is 11.8 Å². The maximum Gasteiger partial charge on any atom is 0.329 e. The van der Waals surface area contributed by atoms with Crippen molar-refractivity contribution in [3.8, 4) is 0 Å². The average Bonchev–Trinajstić information content (AvgIpc) is 3.31. The molecule has 21 heavy (non-hydrogen) atoms. The average molecular weight is 281 g/mol. The van der Waals surface area contributed by atoms with Crippen molar-refractivity contribution in [1.82, 2.24) is 10.7 Å². The van der Waals surface area contributed by atoms with Crippen molar-refractivity contribution in [3.05, 3.63) is 48.0 Å². The molecule has 0 saturated heterocycles. The number of fused-ring (bicyclic) bond motifs is 1. The number of hydrogen-bond acceptors (Lipinski definition) is 3. The van der Waals surface area contributed by atoms with Gasteiger partial charge in [0, 0.05) is 11.6 Å². The summed E-state index contributed by atoms with van der Waals surface area (Å²) in [5.41, 5.74) is 3.13. The Balaban J connectivity index is 1.67. The third-order valence-electron chi connectivity index (χ3n) is 3.31. The molecule has 0 spiro atoms. The van der Waals surface area contributed by atoms with Crippen LogP contribution in [0.2, 0.25) is 0 Å². The minimum atomic E-state index is -0.738. The van der Waals surface area contributed by atoms with E-state index in [0.717, 1.165) is 29.2 Å². The highest BCUT2D eigenvalue weighted by molar-refractivity contribution is 6.35. The van der Waals surface area contributed by atoms with Gasteiger partial charge >= 0.3 is 11.8 Å². The lowest BCUT2D eigenvalue weighted by Crippen LogP contribution is -2.38. The van der Waals surface area contributed by atoms with Crippen molar-refractivity contribution in [1.29, 1.82) is 0 Å². The molecule has 2 aromatic carbocycles. The molecule has 106 valence electrons. The van der Waals surface area contributed by atoms with Crippen LogP contribution in [0.4, 0.5) is 0 Å². The fourth-order valence-electron chi connectivity index (χ4n) is 2.05. The van der Waals surface area contributed by atoms with Crippen molar-refractivity contribution in [2.24, 2.45) is 5.10 Å².